The fourth-order valence-electron chi connectivity index (χ4n) is 3.51. The number of nitrogens with zero attached hydrogens (tertiary/aromatic N) is 2. The van der Waals surface area contributed by atoms with E-state index in [-0.39, 0.29) is 18.4 Å². The Hall–Kier alpha value is -2.64. The minimum Gasteiger partial charge on any atom is -0.497 e. The monoisotopic (exact) mass is 412 g/mol. The van der Waals surface area contributed by atoms with Crippen LogP contribution < -0.4 is 14.4 Å². The number of amides is 1. The molecule has 1 aliphatic heterocycles. The number of fused-ring (bicyclic) bond motifs is 1. The summed E-state index contributed by atoms with van der Waals surface area (Å²) in [6.07, 6.45) is 2.25. The number of carbonyl (C=O) groups excluding carboxylic acids is 1. The lowest BCUT2D eigenvalue weighted by molar-refractivity contribution is -0.118. The van der Waals surface area contributed by atoms with Gasteiger partial charge in [-0.1, -0.05) is 29.5 Å². The third kappa shape index (κ3) is 4.36. The SMILES string of the molecule is COc1ccc(CC(=O)N(C[C@@H]2CCCO2)c2nc3ccccc3s2)c(OC)c1. The second-order valence-corrected chi connectivity index (χ2v) is 7.97. The highest BCUT2D eigenvalue weighted by Crippen LogP contribution is 2.31. The minimum absolute atomic E-state index is 0.0250. The maximum atomic E-state index is 13.4. The van der Waals surface area contributed by atoms with Crippen LogP contribution >= 0.6 is 11.3 Å². The molecule has 2 heterocycles. The quantitative estimate of drug-likeness (QED) is 0.585. The number of para-hydroxylation sites is 1. The third-order valence-corrected chi connectivity index (χ3v) is 6.12. The molecule has 0 radical (unpaired) electrons. The average Bonchev–Trinajstić information content (AvgIpc) is 3.41. The molecule has 1 saturated heterocycles. The molecule has 0 unspecified atom stereocenters. The van der Waals surface area contributed by atoms with Crippen molar-refractivity contribution in [2.24, 2.45) is 0 Å². The number of hydrogen-bond donors (Lipinski definition) is 0. The molecule has 7 heteroatoms. The summed E-state index contributed by atoms with van der Waals surface area (Å²) in [5.74, 6) is 1.31. The maximum absolute atomic E-state index is 13.4. The average molecular weight is 413 g/mol. The van der Waals surface area contributed by atoms with Crippen molar-refractivity contribution in [1.29, 1.82) is 0 Å². The molecule has 1 atom stereocenters. The van der Waals surface area contributed by atoms with Crippen LogP contribution in [0.4, 0.5) is 5.13 Å². The summed E-state index contributed by atoms with van der Waals surface area (Å²) in [5.41, 5.74) is 1.72. The van der Waals surface area contributed by atoms with Crippen molar-refractivity contribution in [2.45, 2.75) is 25.4 Å². The van der Waals surface area contributed by atoms with Crippen molar-refractivity contribution in [3.8, 4) is 11.5 Å². The van der Waals surface area contributed by atoms with E-state index in [4.69, 9.17) is 19.2 Å². The van der Waals surface area contributed by atoms with Crippen molar-refractivity contribution in [3.63, 3.8) is 0 Å². The molecule has 1 fully saturated rings. The Morgan fingerprint density at radius 2 is 2.10 bits per heavy atom. The zero-order valence-electron chi connectivity index (χ0n) is 16.6. The predicted octanol–water partition coefficient (Wildman–Crippen LogP) is 4.07. The molecule has 0 N–H and O–H groups in total. The molecular weight excluding hydrogens is 388 g/mol. The van der Waals surface area contributed by atoms with E-state index in [1.807, 2.05) is 36.4 Å². The molecule has 1 aromatic heterocycles. The van der Waals surface area contributed by atoms with Crippen LogP contribution in [0, 0.1) is 0 Å². The van der Waals surface area contributed by atoms with Gasteiger partial charge in [-0.05, 0) is 31.0 Å². The van der Waals surface area contributed by atoms with Gasteiger partial charge in [0.05, 0.1) is 43.5 Å². The Morgan fingerprint density at radius 3 is 2.83 bits per heavy atom. The minimum atomic E-state index is -0.0250. The lowest BCUT2D eigenvalue weighted by Gasteiger charge is -2.23. The van der Waals surface area contributed by atoms with E-state index < -0.39 is 0 Å². The molecule has 4 rings (SSSR count). The number of ether oxygens (including phenoxy) is 3. The van der Waals surface area contributed by atoms with E-state index >= 15 is 0 Å². The number of aromatic nitrogens is 1. The Labute approximate surface area is 174 Å². The van der Waals surface area contributed by atoms with Crippen LogP contribution in [-0.2, 0) is 16.0 Å². The summed E-state index contributed by atoms with van der Waals surface area (Å²) in [6.45, 7) is 1.26. The maximum Gasteiger partial charge on any atom is 0.233 e. The zero-order valence-corrected chi connectivity index (χ0v) is 17.4. The van der Waals surface area contributed by atoms with Gasteiger partial charge >= 0.3 is 0 Å². The molecule has 0 spiro atoms. The van der Waals surface area contributed by atoms with Crippen molar-refractivity contribution in [3.05, 3.63) is 48.0 Å². The highest BCUT2D eigenvalue weighted by molar-refractivity contribution is 7.22. The fraction of sp³-hybridized carbons (Fsp3) is 0.364. The molecule has 0 saturated carbocycles. The van der Waals surface area contributed by atoms with E-state index in [2.05, 4.69) is 0 Å². The molecule has 152 valence electrons. The highest BCUT2D eigenvalue weighted by Gasteiger charge is 2.27. The molecular formula is C22H24N2O4S. The van der Waals surface area contributed by atoms with Gasteiger partial charge in [-0.3, -0.25) is 9.69 Å². The summed E-state index contributed by atoms with van der Waals surface area (Å²) in [4.78, 5) is 19.8. The first-order valence-electron chi connectivity index (χ1n) is 9.66. The number of hydrogen-bond acceptors (Lipinski definition) is 6. The van der Waals surface area contributed by atoms with Gasteiger partial charge in [0, 0.05) is 18.2 Å². The second kappa shape index (κ2) is 8.80. The second-order valence-electron chi connectivity index (χ2n) is 6.96. The fourth-order valence-corrected chi connectivity index (χ4v) is 4.50. The summed E-state index contributed by atoms with van der Waals surface area (Å²) >= 11 is 1.53. The standard InChI is InChI=1S/C22H24N2O4S/c1-26-16-10-9-15(19(13-16)27-2)12-21(25)24(14-17-6-5-11-28-17)22-23-18-7-3-4-8-20(18)29-22/h3-4,7-10,13,17H,5-6,11-12,14H2,1-2H3/t17-/m0/s1. The van der Waals surface area contributed by atoms with Gasteiger partial charge in [-0.25, -0.2) is 4.98 Å². The van der Waals surface area contributed by atoms with Crippen molar-refractivity contribution in [1.82, 2.24) is 4.98 Å². The Morgan fingerprint density at radius 1 is 1.24 bits per heavy atom. The van der Waals surface area contributed by atoms with E-state index in [0.29, 0.717) is 23.2 Å². The van der Waals surface area contributed by atoms with Crippen LogP contribution in [0.2, 0.25) is 0 Å². The van der Waals surface area contributed by atoms with Gasteiger partial charge in [0.15, 0.2) is 5.13 Å². The van der Waals surface area contributed by atoms with Gasteiger partial charge in [-0.2, -0.15) is 0 Å². The van der Waals surface area contributed by atoms with Crippen LogP contribution in [0.25, 0.3) is 10.2 Å². The molecule has 3 aromatic rings. The smallest absolute Gasteiger partial charge is 0.233 e. The first kappa shape index (κ1) is 19.7. The van der Waals surface area contributed by atoms with Crippen LogP contribution in [0.5, 0.6) is 11.5 Å². The lowest BCUT2D eigenvalue weighted by Crippen LogP contribution is -2.38. The van der Waals surface area contributed by atoms with Gasteiger partial charge in [-0.15, -0.1) is 0 Å². The first-order valence-corrected chi connectivity index (χ1v) is 10.5. The largest absolute Gasteiger partial charge is 0.497 e. The van der Waals surface area contributed by atoms with E-state index in [1.165, 1.54) is 11.3 Å². The molecule has 2 aromatic carbocycles. The zero-order chi connectivity index (χ0) is 20.2. The molecule has 1 aliphatic rings. The Bertz CT molecular complexity index is 964. The Kier molecular flexibility index (Phi) is 5.97. The van der Waals surface area contributed by atoms with Crippen LogP contribution in [0.1, 0.15) is 18.4 Å². The van der Waals surface area contributed by atoms with E-state index in [0.717, 1.165) is 35.2 Å². The van der Waals surface area contributed by atoms with Crippen molar-refractivity contribution in [2.75, 3.05) is 32.3 Å². The summed E-state index contributed by atoms with van der Waals surface area (Å²) in [5, 5.41) is 0.708. The van der Waals surface area contributed by atoms with Gasteiger partial charge in [0.1, 0.15) is 11.5 Å². The van der Waals surface area contributed by atoms with Gasteiger partial charge in [0.2, 0.25) is 5.91 Å². The first-order chi connectivity index (χ1) is 14.2. The van der Waals surface area contributed by atoms with Crippen LogP contribution in [-0.4, -0.2) is 44.4 Å². The van der Waals surface area contributed by atoms with Crippen molar-refractivity contribution >= 4 is 32.6 Å². The molecule has 29 heavy (non-hydrogen) atoms. The van der Waals surface area contributed by atoms with E-state index in [1.54, 1.807) is 25.2 Å². The van der Waals surface area contributed by atoms with Gasteiger partial charge < -0.3 is 14.2 Å². The van der Waals surface area contributed by atoms with Crippen LogP contribution in [0.15, 0.2) is 42.5 Å². The predicted molar refractivity (Wildman–Crippen MR) is 114 cm³/mol. The lowest BCUT2D eigenvalue weighted by atomic mass is 10.1. The number of thiazole rings is 1. The van der Waals surface area contributed by atoms with Crippen molar-refractivity contribution < 1.29 is 19.0 Å². The topological polar surface area (TPSA) is 60.9 Å². The number of anilines is 1. The third-order valence-electron chi connectivity index (χ3n) is 5.06. The summed E-state index contributed by atoms with van der Waals surface area (Å²) < 4.78 is 17.6. The normalized spacial score (nSPS) is 16.1. The molecule has 0 bridgehead atoms. The number of benzene rings is 2. The summed E-state index contributed by atoms with van der Waals surface area (Å²) in [7, 11) is 3.20. The number of carbonyl (C=O) groups is 1. The van der Waals surface area contributed by atoms with Gasteiger partial charge in [0.25, 0.3) is 0 Å². The Balaban J connectivity index is 1.62. The van der Waals surface area contributed by atoms with Crippen LogP contribution in [0.3, 0.4) is 0 Å². The molecule has 6 nitrogen and oxygen atoms in total. The highest BCUT2D eigenvalue weighted by atomic mass is 32.1. The number of rotatable bonds is 7. The molecule has 1 amide bonds. The summed E-state index contributed by atoms with van der Waals surface area (Å²) in [6, 6.07) is 13.4. The van der Waals surface area contributed by atoms with E-state index in [9.17, 15) is 4.79 Å². The molecule has 0 aliphatic carbocycles. The number of methoxy groups -OCH3 is 2.